The predicted octanol–water partition coefficient (Wildman–Crippen LogP) is 4.98. The summed E-state index contributed by atoms with van der Waals surface area (Å²) in [5.74, 6) is -0.127. The highest BCUT2D eigenvalue weighted by molar-refractivity contribution is 7.09. The first-order valence-electron chi connectivity index (χ1n) is 10.9. The molecule has 0 saturated carbocycles. The van der Waals surface area contributed by atoms with Crippen molar-refractivity contribution in [3.8, 4) is 0 Å². The first-order chi connectivity index (χ1) is 13.8. The van der Waals surface area contributed by atoms with Gasteiger partial charge in [-0.2, -0.15) is 0 Å². The van der Waals surface area contributed by atoms with Gasteiger partial charge >= 0.3 is 5.97 Å². The molecule has 0 aliphatic rings. The second kappa shape index (κ2) is 13.7. The second-order valence-corrected chi connectivity index (χ2v) is 8.77. The van der Waals surface area contributed by atoms with Crippen LogP contribution in [0, 0.1) is 5.92 Å². The fraction of sp³-hybridized carbons (Fsp3) is 0.773. The Labute approximate surface area is 179 Å². The number of rotatable bonds is 14. The average Bonchev–Trinajstić information content (AvgIpc) is 3.20. The van der Waals surface area contributed by atoms with Crippen molar-refractivity contribution in [2.24, 2.45) is 5.92 Å². The monoisotopic (exact) mass is 426 g/mol. The van der Waals surface area contributed by atoms with Crippen molar-refractivity contribution in [3.63, 3.8) is 0 Å². The SMILES string of the molecule is CCCCCCN(C(=O)CCCC)C(CC(O)c1nc(C(=O)OC)cs1)C(C)C. The molecule has 0 bridgehead atoms. The number of esters is 1. The van der Waals surface area contributed by atoms with Crippen molar-refractivity contribution in [2.45, 2.75) is 91.2 Å². The second-order valence-electron chi connectivity index (χ2n) is 7.88. The third kappa shape index (κ3) is 8.42. The number of unbranched alkanes of at least 4 members (excludes halogenated alkanes) is 4. The zero-order chi connectivity index (χ0) is 21.8. The highest BCUT2D eigenvalue weighted by Crippen LogP contribution is 2.28. The molecule has 1 aromatic rings. The summed E-state index contributed by atoms with van der Waals surface area (Å²) in [6.07, 6.45) is 6.43. The van der Waals surface area contributed by atoms with Gasteiger partial charge in [-0.3, -0.25) is 4.79 Å². The predicted molar refractivity (Wildman–Crippen MR) is 117 cm³/mol. The Morgan fingerprint density at radius 1 is 1.17 bits per heavy atom. The van der Waals surface area contributed by atoms with Gasteiger partial charge in [0.15, 0.2) is 5.69 Å². The molecule has 0 fully saturated rings. The Balaban J connectivity index is 2.92. The van der Waals surface area contributed by atoms with Gasteiger partial charge in [-0.1, -0.05) is 53.4 Å². The Morgan fingerprint density at radius 2 is 1.86 bits per heavy atom. The molecule has 0 aliphatic heterocycles. The summed E-state index contributed by atoms with van der Waals surface area (Å²) in [4.78, 5) is 30.8. The van der Waals surface area contributed by atoms with Crippen LogP contribution in [0.3, 0.4) is 0 Å². The van der Waals surface area contributed by atoms with Crippen LogP contribution in [-0.2, 0) is 9.53 Å². The number of thiazole rings is 1. The lowest BCUT2D eigenvalue weighted by molar-refractivity contribution is -0.135. The number of carbonyl (C=O) groups excluding carboxylic acids is 2. The lowest BCUT2D eigenvalue weighted by Gasteiger charge is -2.36. The van der Waals surface area contributed by atoms with Crippen LogP contribution in [0.2, 0.25) is 0 Å². The van der Waals surface area contributed by atoms with Gasteiger partial charge in [0.1, 0.15) is 11.1 Å². The zero-order valence-corrected chi connectivity index (χ0v) is 19.5. The number of carbonyl (C=O) groups is 2. The van der Waals surface area contributed by atoms with Gasteiger partial charge in [0.25, 0.3) is 0 Å². The maximum absolute atomic E-state index is 12.9. The van der Waals surface area contributed by atoms with Gasteiger partial charge in [0.05, 0.1) is 7.11 Å². The van der Waals surface area contributed by atoms with Crippen molar-refractivity contribution >= 4 is 23.2 Å². The minimum atomic E-state index is -0.817. The molecule has 1 amide bonds. The van der Waals surface area contributed by atoms with Crippen LogP contribution < -0.4 is 0 Å². The van der Waals surface area contributed by atoms with Gasteiger partial charge in [-0.15, -0.1) is 11.3 Å². The summed E-state index contributed by atoms with van der Waals surface area (Å²) in [5.41, 5.74) is 0.211. The molecule has 166 valence electrons. The third-order valence-corrected chi connectivity index (χ3v) is 6.10. The topological polar surface area (TPSA) is 79.7 Å². The van der Waals surface area contributed by atoms with Gasteiger partial charge in [-0.25, -0.2) is 9.78 Å². The summed E-state index contributed by atoms with van der Waals surface area (Å²) in [5, 5.41) is 12.9. The number of hydrogen-bond donors (Lipinski definition) is 1. The van der Waals surface area contributed by atoms with Gasteiger partial charge in [0, 0.05) is 30.8 Å². The number of methoxy groups -OCH3 is 1. The average molecular weight is 427 g/mol. The van der Waals surface area contributed by atoms with Crippen molar-refractivity contribution in [1.82, 2.24) is 9.88 Å². The van der Waals surface area contributed by atoms with E-state index < -0.39 is 12.1 Å². The standard InChI is InChI=1S/C22H38N2O4S/c1-6-8-10-11-13-24(20(26)12-9-7-2)18(16(3)4)14-19(25)21-23-17(15-29-21)22(27)28-5/h15-16,18-19,25H,6-14H2,1-5H3. The van der Waals surface area contributed by atoms with Crippen molar-refractivity contribution in [1.29, 1.82) is 0 Å². The van der Waals surface area contributed by atoms with Crippen LogP contribution in [0.4, 0.5) is 0 Å². The normalized spacial score (nSPS) is 13.3. The Kier molecular flexibility index (Phi) is 12.1. The molecule has 29 heavy (non-hydrogen) atoms. The fourth-order valence-electron chi connectivity index (χ4n) is 3.38. The minimum Gasteiger partial charge on any atom is -0.464 e. The van der Waals surface area contributed by atoms with E-state index in [1.54, 1.807) is 5.38 Å². The summed E-state index contributed by atoms with van der Waals surface area (Å²) < 4.78 is 4.69. The first-order valence-corrected chi connectivity index (χ1v) is 11.7. The van der Waals surface area contributed by atoms with Gasteiger partial charge in [-0.05, 0) is 18.8 Å². The molecular weight excluding hydrogens is 388 g/mol. The lowest BCUT2D eigenvalue weighted by atomic mass is 9.95. The zero-order valence-electron chi connectivity index (χ0n) is 18.6. The van der Waals surface area contributed by atoms with E-state index >= 15 is 0 Å². The Morgan fingerprint density at radius 3 is 2.45 bits per heavy atom. The largest absolute Gasteiger partial charge is 0.464 e. The fourth-order valence-corrected chi connectivity index (χ4v) is 4.17. The van der Waals surface area contributed by atoms with E-state index in [2.05, 4.69) is 32.7 Å². The summed E-state index contributed by atoms with van der Waals surface area (Å²) in [6, 6.07) is -0.0681. The van der Waals surface area contributed by atoms with E-state index in [1.165, 1.54) is 24.9 Å². The van der Waals surface area contributed by atoms with Crippen molar-refractivity contribution < 1.29 is 19.4 Å². The molecule has 7 heteroatoms. The molecular formula is C22H38N2O4S. The highest BCUT2D eigenvalue weighted by atomic mass is 32.1. The molecule has 1 heterocycles. The van der Waals surface area contributed by atoms with Crippen LogP contribution in [0.5, 0.6) is 0 Å². The smallest absolute Gasteiger partial charge is 0.357 e. The van der Waals surface area contributed by atoms with Gasteiger partial charge < -0.3 is 14.7 Å². The summed E-state index contributed by atoms with van der Waals surface area (Å²) in [7, 11) is 1.31. The molecule has 2 unspecified atom stereocenters. The molecule has 0 aliphatic carbocycles. The summed E-state index contributed by atoms with van der Waals surface area (Å²) >= 11 is 1.25. The Bertz CT molecular complexity index is 618. The Hall–Kier alpha value is -1.47. The molecule has 2 atom stereocenters. The number of nitrogens with zero attached hydrogens (tertiary/aromatic N) is 2. The quantitative estimate of drug-likeness (QED) is 0.335. The van der Waals surface area contributed by atoms with Crippen LogP contribution in [0.25, 0.3) is 0 Å². The lowest BCUT2D eigenvalue weighted by Crippen LogP contribution is -2.44. The maximum atomic E-state index is 12.9. The number of aromatic nitrogens is 1. The first kappa shape index (κ1) is 25.6. The molecule has 1 rings (SSSR count). The number of aliphatic hydroxyl groups is 1. The minimum absolute atomic E-state index is 0.0681. The van der Waals surface area contributed by atoms with Crippen molar-refractivity contribution in [2.75, 3.05) is 13.7 Å². The van der Waals surface area contributed by atoms with Crippen LogP contribution >= 0.6 is 11.3 Å². The van der Waals surface area contributed by atoms with Crippen LogP contribution in [-0.4, -0.2) is 46.6 Å². The van der Waals surface area contributed by atoms with E-state index in [9.17, 15) is 14.7 Å². The number of aliphatic hydroxyl groups excluding tert-OH is 1. The number of hydrogen-bond acceptors (Lipinski definition) is 6. The molecule has 0 spiro atoms. The molecule has 6 nitrogen and oxygen atoms in total. The van der Waals surface area contributed by atoms with E-state index in [4.69, 9.17) is 4.74 Å². The van der Waals surface area contributed by atoms with Crippen molar-refractivity contribution in [3.05, 3.63) is 16.1 Å². The molecule has 1 aromatic heterocycles. The van der Waals surface area contributed by atoms with E-state index in [0.29, 0.717) is 17.8 Å². The third-order valence-electron chi connectivity index (χ3n) is 5.15. The van der Waals surface area contributed by atoms with E-state index in [-0.39, 0.29) is 23.6 Å². The number of amides is 1. The van der Waals surface area contributed by atoms with Crippen LogP contribution in [0.15, 0.2) is 5.38 Å². The number of ether oxygens (including phenoxy) is 1. The molecule has 0 aromatic carbocycles. The van der Waals surface area contributed by atoms with Crippen LogP contribution in [0.1, 0.15) is 101 Å². The molecule has 0 radical (unpaired) electrons. The maximum Gasteiger partial charge on any atom is 0.357 e. The van der Waals surface area contributed by atoms with Gasteiger partial charge in [0.2, 0.25) is 5.91 Å². The molecule has 1 N–H and O–H groups in total. The summed E-state index contributed by atoms with van der Waals surface area (Å²) in [6.45, 7) is 9.16. The molecule has 0 saturated heterocycles. The van der Waals surface area contributed by atoms with E-state index in [1.807, 2.05) is 4.90 Å². The van der Waals surface area contributed by atoms with E-state index in [0.717, 1.165) is 38.6 Å². The highest BCUT2D eigenvalue weighted by Gasteiger charge is 2.29.